The number of hydrogen-bond acceptors (Lipinski definition) is 2. The lowest BCUT2D eigenvalue weighted by Gasteiger charge is -1.96. The van der Waals surface area contributed by atoms with Crippen molar-refractivity contribution in [3.63, 3.8) is 0 Å². The minimum absolute atomic E-state index is 0.0258. The van der Waals surface area contributed by atoms with Crippen molar-refractivity contribution >= 4 is 40.2 Å². The first-order valence-electron chi connectivity index (χ1n) is 2.65. The molecule has 0 spiro atoms. The standard InChI is InChI=1S/C6H3ClINO2/c7-5-4(6(10)11)1-3(8)2-9-5/h1-2H,(H,10,11). The Morgan fingerprint density at radius 2 is 2.36 bits per heavy atom. The van der Waals surface area contributed by atoms with E-state index in [9.17, 15) is 4.79 Å². The van der Waals surface area contributed by atoms with Gasteiger partial charge in [0.05, 0.1) is 5.56 Å². The van der Waals surface area contributed by atoms with Crippen LogP contribution in [0.2, 0.25) is 5.15 Å². The first-order valence-corrected chi connectivity index (χ1v) is 4.11. The summed E-state index contributed by atoms with van der Waals surface area (Å²) in [7, 11) is 0. The van der Waals surface area contributed by atoms with Crippen LogP contribution in [0.1, 0.15) is 10.4 Å². The number of hydrogen-bond donors (Lipinski definition) is 1. The van der Waals surface area contributed by atoms with E-state index in [0.717, 1.165) is 3.57 Å². The zero-order chi connectivity index (χ0) is 8.43. The molecule has 0 saturated carbocycles. The highest BCUT2D eigenvalue weighted by Crippen LogP contribution is 2.14. The Morgan fingerprint density at radius 1 is 1.73 bits per heavy atom. The molecule has 0 atom stereocenters. The van der Waals surface area contributed by atoms with Gasteiger partial charge < -0.3 is 5.11 Å². The van der Waals surface area contributed by atoms with E-state index in [2.05, 4.69) is 4.98 Å². The molecule has 1 N–H and O–H groups in total. The second-order valence-electron chi connectivity index (χ2n) is 1.80. The zero-order valence-electron chi connectivity index (χ0n) is 5.21. The second kappa shape index (κ2) is 3.36. The van der Waals surface area contributed by atoms with Crippen LogP contribution in [-0.4, -0.2) is 16.1 Å². The maximum absolute atomic E-state index is 10.4. The van der Waals surface area contributed by atoms with E-state index in [0.29, 0.717) is 0 Å². The van der Waals surface area contributed by atoms with Crippen LogP contribution < -0.4 is 0 Å². The summed E-state index contributed by atoms with van der Waals surface area (Å²) in [5.74, 6) is -1.05. The molecule has 0 aliphatic heterocycles. The second-order valence-corrected chi connectivity index (χ2v) is 3.40. The molecule has 0 aliphatic rings. The summed E-state index contributed by atoms with van der Waals surface area (Å²) in [6.45, 7) is 0. The summed E-state index contributed by atoms with van der Waals surface area (Å²) in [6.07, 6.45) is 1.51. The lowest BCUT2D eigenvalue weighted by molar-refractivity contribution is 0.0696. The Labute approximate surface area is 81.5 Å². The molecule has 3 nitrogen and oxygen atoms in total. The molecule has 1 heterocycles. The molecule has 1 rings (SSSR count). The summed E-state index contributed by atoms with van der Waals surface area (Å²) in [5, 5.41) is 8.59. The third-order valence-electron chi connectivity index (χ3n) is 1.04. The van der Waals surface area contributed by atoms with Crippen molar-refractivity contribution < 1.29 is 9.90 Å². The molecular weight excluding hydrogens is 280 g/mol. The number of nitrogens with zero attached hydrogens (tertiary/aromatic N) is 1. The van der Waals surface area contributed by atoms with Crippen LogP contribution in [-0.2, 0) is 0 Å². The third kappa shape index (κ3) is 2.03. The van der Waals surface area contributed by atoms with Gasteiger partial charge in [0.2, 0.25) is 0 Å². The highest BCUT2D eigenvalue weighted by atomic mass is 127. The van der Waals surface area contributed by atoms with Crippen LogP contribution in [0.3, 0.4) is 0 Å². The largest absolute Gasteiger partial charge is 0.478 e. The SMILES string of the molecule is O=C(O)c1cc(I)cnc1Cl. The van der Waals surface area contributed by atoms with Crippen molar-refractivity contribution in [2.75, 3.05) is 0 Å². The van der Waals surface area contributed by atoms with Crippen molar-refractivity contribution in [3.05, 3.63) is 26.5 Å². The fourth-order valence-electron chi connectivity index (χ4n) is 0.573. The van der Waals surface area contributed by atoms with E-state index in [1.165, 1.54) is 12.3 Å². The van der Waals surface area contributed by atoms with Gasteiger partial charge in [0.1, 0.15) is 5.15 Å². The molecule has 0 unspecified atom stereocenters. The van der Waals surface area contributed by atoms with Gasteiger partial charge in [0, 0.05) is 9.77 Å². The lowest BCUT2D eigenvalue weighted by atomic mass is 10.3. The lowest BCUT2D eigenvalue weighted by Crippen LogP contribution is -1.99. The maximum Gasteiger partial charge on any atom is 0.338 e. The minimum Gasteiger partial charge on any atom is -0.478 e. The smallest absolute Gasteiger partial charge is 0.338 e. The fourth-order valence-corrected chi connectivity index (χ4v) is 1.21. The predicted octanol–water partition coefficient (Wildman–Crippen LogP) is 2.04. The van der Waals surface area contributed by atoms with Crippen molar-refractivity contribution in [3.8, 4) is 0 Å². The van der Waals surface area contributed by atoms with Crippen LogP contribution in [0, 0.1) is 3.57 Å². The molecule has 0 fully saturated rings. The van der Waals surface area contributed by atoms with Crippen LogP contribution >= 0.6 is 34.2 Å². The first kappa shape index (κ1) is 8.73. The van der Waals surface area contributed by atoms with Crippen molar-refractivity contribution in [2.45, 2.75) is 0 Å². The van der Waals surface area contributed by atoms with Gasteiger partial charge in [-0.2, -0.15) is 0 Å². The van der Waals surface area contributed by atoms with Gasteiger partial charge in [-0.3, -0.25) is 0 Å². The number of rotatable bonds is 1. The molecule has 58 valence electrons. The predicted molar refractivity (Wildman–Crippen MR) is 48.9 cm³/mol. The van der Waals surface area contributed by atoms with Crippen molar-refractivity contribution in [1.82, 2.24) is 4.98 Å². The van der Waals surface area contributed by atoms with Crippen LogP contribution in [0.4, 0.5) is 0 Å². The highest BCUT2D eigenvalue weighted by molar-refractivity contribution is 14.1. The Bertz CT molecular complexity index is 303. The minimum atomic E-state index is -1.05. The van der Waals surface area contributed by atoms with Gasteiger partial charge in [-0.15, -0.1) is 0 Å². The number of pyridine rings is 1. The van der Waals surface area contributed by atoms with E-state index in [1.807, 2.05) is 22.6 Å². The molecule has 0 amide bonds. The highest BCUT2D eigenvalue weighted by Gasteiger charge is 2.09. The Balaban J connectivity index is 3.23. The summed E-state index contributed by atoms with van der Waals surface area (Å²) < 4.78 is 0.754. The zero-order valence-corrected chi connectivity index (χ0v) is 8.13. The van der Waals surface area contributed by atoms with Crippen LogP contribution in [0.15, 0.2) is 12.3 Å². The quantitative estimate of drug-likeness (QED) is 0.634. The molecule has 1 aromatic rings. The molecule has 0 bridgehead atoms. The average Bonchev–Trinajstić information content (AvgIpc) is 1.94. The van der Waals surface area contributed by atoms with Crippen molar-refractivity contribution in [2.24, 2.45) is 0 Å². The number of aromatic nitrogens is 1. The van der Waals surface area contributed by atoms with E-state index in [1.54, 1.807) is 0 Å². The van der Waals surface area contributed by atoms with E-state index in [-0.39, 0.29) is 10.7 Å². The summed E-state index contributed by atoms with van der Waals surface area (Å²) in [5.41, 5.74) is 0.0403. The number of carboxylic acids is 1. The number of aromatic carboxylic acids is 1. The maximum atomic E-state index is 10.4. The van der Waals surface area contributed by atoms with E-state index in [4.69, 9.17) is 16.7 Å². The van der Waals surface area contributed by atoms with E-state index >= 15 is 0 Å². The van der Waals surface area contributed by atoms with Crippen LogP contribution in [0.5, 0.6) is 0 Å². The molecule has 5 heteroatoms. The first-order chi connectivity index (χ1) is 5.11. The monoisotopic (exact) mass is 283 g/mol. The third-order valence-corrected chi connectivity index (χ3v) is 1.93. The number of carbonyl (C=O) groups is 1. The molecule has 0 aliphatic carbocycles. The summed E-state index contributed by atoms with van der Waals surface area (Å²) >= 11 is 7.47. The molecule has 0 saturated heterocycles. The van der Waals surface area contributed by atoms with Gasteiger partial charge >= 0.3 is 5.97 Å². The molecule has 1 aromatic heterocycles. The molecule has 0 aromatic carbocycles. The van der Waals surface area contributed by atoms with E-state index < -0.39 is 5.97 Å². The van der Waals surface area contributed by atoms with Gasteiger partial charge in [-0.25, -0.2) is 9.78 Å². The molecule has 11 heavy (non-hydrogen) atoms. The Kier molecular flexibility index (Phi) is 2.67. The van der Waals surface area contributed by atoms with Gasteiger partial charge in [0.25, 0.3) is 0 Å². The topological polar surface area (TPSA) is 50.2 Å². The molecule has 0 radical (unpaired) electrons. The Morgan fingerprint density at radius 3 is 2.82 bits per heavy atom. The van der Waals surface area contributed by atoms with Gasteiger partial charge in [0.15, 0.2) is 0 Å². The summed E-state index contributed by atoms with van der Waals surface area (Å²) in [4.78, 5) is 14.1. The van der Waals surface area contributed by atoms with Crippen LogP contribution in [0.25, 0.3) is 0 Å². The van der Waals surface area contributed by atoms with Gasteiger partial charge in [-0.1, -0.05) is 11.6 Å². The molecular formula is C6H3ClINO2. The number of carboxylic acid groups (broad SMARTS) is 1. The van der Waals surface area contributed by atoms with Crippen molar-refractivity contribution in [1.29, 1.82) is 0 Å². The fraction of sp³-hybridized carbons (Fsp3) is 0. The Hall–Kier alpha value is -0.360. The number of halogens is 2. The van der Waals surface area contributed by atoms with Gasteiger partial charge in [-0.05, 0) is 28.7 Å². The summed E-state index contributed by atoms with van der Waals surface area (Å²) in [6, 6.07) is 1.47. The average molecular weight is 283 g/mol. The normalized spacial score (nSPS) is 9.64.